The van der Waals surface area contributed by atoms with Crippen LogP contribution in [-0.2, 0) is 15.7 Å². The van der Waals surface area contributed by atoms with Crippen molar-refractivity contribution in [1.82, 2.24) is 4.90 Å². The number of amides is 1. The summed E-state index contributed by atoms with van der Waals surface area (Å²) < 4.78 is 46.8. The zero-order valence-electron chi connectivity index (χ0n) is 20.2. The predicted molar refractivity (Wildman–Crippen MR) is 123 cm³/mol. The summed E-state index contributed by atoms with van der Waals surface area (Å²) in [6.07, 6.45) is -0.949. The van der Waals surface area contributed by atoms with Crippen LogP contribution in [0.25, 0.3) is 0 Å². The second kappa shape index (κ2) is 9.07. The third-order valence-corrected chi connectivity index (χ3v) is 7.33. The van der Waals surface area contributed by atoms with Gasteiger partial charge in [0.2, 0.25) is 5.91 Å². The van der Waals surface area contributed by atoms with Crippen LogP contribution in [0.4, 0.5) is 18.9 Å². The Bertz CT molecular complexity index is 962. The topological polar surface area (TPSA) is 56.6 Å². The first-order chi connectivity index (χ1) is 15.9. The molecule has 1 aromatic carbocycles. The fraction of sp³-hybridized carbons (Fsp3) is 0.692. The van der Waals surface area contributed by atoms with Crippen LogP contribution in [0.3, 0.4) is 0 Å². The van der Waals surface area contributed by atoms with Crippen molar-refractivity contribution >= 4 is 11.6 Å². The molecule has 186 valence electrons. The molecule has 0 bridgehead atoms. The van der Waals surface area contributed by atoms with Crippen molar-refractivity contribution in [3.05, 3.63) is 29.3 Å². The molecule has 34 heavy (non-hydrogen) atoms. The number of fused-ring (bicyclic) bond motifs is 1. The van der Waals surface area contributed by atoms with Crippen molar-refractivity contribution in [1.29, 1.82) is 5.26 Å². The third kappa shape index (κ3) is 5.51. The number of nitriles is 1. The molecule has 0 N–H and O–H groups in total. The monoisotopic (exact) mass is 477 g/mol. The summed E-state index contributed by atoms with van der Waals surface area (Å²) in [6, 6.07) is 5.61. The van der Waals surface area contributed by atoms with E-state index < -0.39 is 11.7 Å². The molecule has 3 fully saturated rings. The van der Waals surface area contributed by atoms with Gasteiger partial charge in [-0.15, -0.1) is 0 Å². The van der Waals surface area contributed by atoms with E-state index >= 15 is 0 Å². The number of nitrogens with zero attached hydrogens (tertiary/aromatic N) is 3. The van der Waals surface area contributed by atoms with Crippen LogP contribution in [0.1, 0.15) is 57.6 Å². The highest BCUT2D eigenvalue weighted by Gasteiger charge is 2.51. The fourth-order valence-corrected chi connectivity index (χ4v) is 5.34. The highest BCUT2D eigenvalue weighted by atomic mass is 19.4. The van der Waals surface area contributed by atoms with E-state index in [1.54, 1.807) is 12.1 Å². The molecule has 1 amide bonds. The standard InChI is InChI=1S/C26H34F3N3O2/c1-24(2,3)11-23(33)31-9-8-20-13-32(16-25(20,15-31)17-34-14-18-4-5-18)21-7-6-19(12-30)22(10-21)26(27,28)29/h6-7,10,18,20H,4-5,8-9,11,13-17H2,1-3H3/t20-,25+/m0/s1. The smallest absolute Gasteiger partial charge is 0.380 e. The normalized spacial score (nSPS) is 25.3. The molecule has 0 radical (unpaired) electrons. The Kier molecular flexibility index (Phi) is 6.63. The van der Waals surface area contributed by atoms with Crippen LogP contribution < -0.4 is 4.90 Å². The van der Waals surface area contributed by atoms with Gasteiger partial charge in [-0.2, -0.15) is 18.4 Å². The summed E-state index contributed by atoms with van der Waals surface area (Å²) in [6.45, 7) is 9.74. The van der Waals surface area contributed by atoms with E-state index in [4.69, 9.17) is 10.00 Å². The quantitative estimate of drug-likeness (QED) is 0.572. The van der Waals surface area contributed by atoms with Gasteiger partial charge >= 0.3 is 6.18 Å². The molecule has 0 spiro atoms. The average Bonchev–Trinajstić information content (AvgIpc) is 3.49. The van der Waals surface area contributed by atoms with Gasteiger partial charge < -0.3 is 14.5 Å². The van der Waals surface area contributed by atoms with E-state index in [1.165, 1.54) is 18.9 Å². The zero-order chi connectivity index (χ0) is 24.7. The van der Waals surface area contributed by atoms with Gasteiger partial charge in [-0.05, 0) is 54.7 Å². The second-order valence-electron chi connectivity index (χ2n) is 11.6. The lowest BCUT2D eigenvalue weighted by atomic mass is 9.73. The number of likely N-dealkylation sites (tertiary alicyclic amines) is 1. The van der Waals surface area contributed by atoms with Gasteiger partial charge in [-0.1, -0.05) is 20.8 Å². The number of halogens is 3. The van der Waals surface area contributed by atoms with Crippen LogP contribution in [-0.4, -0.2) is 50.2 Å². The van der Waals surface area contributed by atoms with Crippen molar-refractivity contribution < 1.29 is 22.7 Å². The molecular weight excluding hydrogens is 443 g/mol. The largest absolute Gasteiger partial charge is 0.417 e. The van der Waals surface area contributed by atoms with E-state index in [9.17, 15) is 18.0 Å². The number of anilines is 1. The second-order valence-corrected chi connectivity index (χ2v) is 11.6. The third-order valence-electron chi connectivity index (χ3n) is 7.33. The highest BCUT2D eigenvalue weighted by molar-refractivity contribution is 5.77. The number of rotatable bonds is 6. The summed E-state index contributed by atoms with van der Waals surface area (Å²) in [5, 5.41) is 9.14. The molecule has 0 aromatic heterocycles. The lowest BCUT2D eigenvalue weighted by Gasteiger charge is -2.44. The molecule has 1 aromatic rings. The Hall–Kier alpha value is -2.27. The van der Waals surface area contributed by atoms with Gasteiger partial charge in [0.15, 0.2) is 0 Å². The minimum absolute atomic E-state index is 0.109. The summed E-state index contributed by atoms with van der Waals surface area (Å²) >= 11 is 0. The van der Waals surface area contributed by atoms with Crippen molar-refractivity contribution in [3.63, 3.8) is 0 Å². The number of ether oxygens (including phenoxy) is 1. The number of hydrogen-bond acceptors (Lipinski definition) is 4. The zero-order valence-corrected chi connectivity index (χ0v) is 20.2. The van der Waals surface area contributed by atoms with Crippen molar-refractivity contribution in [2.24, 2.45) is 22.7 Å². The minimum atomic E-state index is -4.59. The maximum atomic E-state index is 13.6. The lowest BCUT2D eigenvalue weighted by molar-refractivity contribution is -0.139. The Labute approximate surface area is 199 Å². The summed E-state index contributed by atoms with van der Waals surface area (Å²) in [4.78, 5) is 17.0. The number of alkyl halides is 3. The van der Waals surface area contributed by atoms with E-state index in [0.717, 1.165) is 12.5 Å². The molecule has 5 nitrogen and oxygen atoms in total. The number of carbonyl (C=O) groups is 1. The fourth-order valence-electron chi connectivity index (χ4n) is 5.34. The molecule has 8 heteroatoms. The molecule has 2 aliphatic heterocycles. The Morgan fingerprint density at radius 3 is 2.56 bits per heavy atom. The molecule has 3 aliphatic rings. The van der Waals surface area contributed by atoms with E-state index in [0.29, 0.717) is 57.4 Å². The highest BCUT2D eigenvalue weighted by Crippen LogP contribution is 2.46. The van der Waals surface area contributed by atoms with Gasteiger partial charge in [0.05, 0.1) is 23.8 Å². The van der Waals surface area contributed by atoms with Crippen LogP contribution >= 0.6 is 0 Å². The first-order valence-electron chi connectivity index (χ1n) is 12.1. The molecule has 1 aliphatic carbocycles. The molecule has 2 atom stereocenters. The lowest BCUT2D eigenvalue weighted by Crippen LogP contribution is -2.53. The number of benzene rings is 1. The summed E-state index contributed by atoms with van der Waals surface area (Å²) in [5.74, 6) is 0.974. The van der Waals surface area contributed by atoms with Gasteiger partial charge in [0.25, 0.3) is 0 Å². The van der Waals surface area contributed by atoms with Crippen molar-refractivity contribution in [2.45, 2.75) is 52.6 Å². The van der Waals surface area contributed by atoms with E-state index in [-0.39, 0.29) is 28.2 Å². The maximum Gasteiger partial charge on any atom is 0.417 e. The molecule has 2 heterocycles. The molecule has 2 saturated heterocycles. The summed E-state index contributed by atoms with van der Waals surface area (Å²) in [7, 11) is 0. The van der Waals surface area contributed by atoms with Crippen LogP contribution in [0, 0.1) is 34.0 Å². The molecular formula is C26H34F3N3O2. The Balaban J connectivity index is 1.57. The molecule has 1 saturated carbocycles. The molecule has 0 unspecified atom stereocenters. The van der Waals surface area contributed by atoms with Gasteiger partial charge in [-0.3, -0.25) is 4.79 Å². The minimum Gasteiger partial charge on any atom is -0.380 e. The molecule has 4 rings (SSSR count). The van der Waals surface area contributed by atoms with Gasteiger partial charge in [-0.25, -0.2) is 0 Å². The average molecular weight is 478 g/mol. The van der Waals surface area contributed by atoms with Crippen molar-refractivity contribution in [2.75, 3.05) is 44.3 Å². The van der Waals surface area contributed by atoms with E-state index in [1.807, 2.05) is 30.6 Å². The first kappa shape index (κ1) is 24.8. The van der Waals surface area contributed by atoms with E-state index in [2.05, 4.69) is 0 Å². The SMILES string of the molecule is CC(C)(C)CC(=O)N1CC[C@H]2CN(c3ccc(C#N)c(C(F)(F)F)c3)C[C@@]2(COCC2CC2)C1. The van der Waals surface area contributed by atoms with Crippen LogP contribution in [0.2, 0.25) is 0 Å². The predicted octanol–water partition coefficient (Wildman–Crippen LogP) is 5.09. The number of hydrogen-bond donors (Lipinski definition) is 0. The van der Waals surface area contributed by atoms with Gasteiger partial charge in [0, 0.05) is 50.3 Å². The van der Waals surface area contributed by atoms with Crippen LogP contribution in [0.15, 0.2) is 18.2 Å². The Morgan fingerprint density at radius 2 is 1.94 bits per heavy atom. The van der Waals surface area contributed by atoms with Crippen LogP contribution in [0.5, 0.6) is 0 Å². The maximum absolute atomic E-state index is 13.6. The summed E-state index contributed by atoms with van der Waals surface area (Å²) in [5.41, 5.74) is -1.22. The van der Waals surface area contributed by atoms with Gasteiger partial charge in [0.1, 0.15) is 0 Å². The first-order valence-corrected chi connectivity index (χ1v) is 12.1. The number of carbonyl (C=O) groups excluding carboxylic acids is 1. The Morgan fingerprint density at radius 1 is 1.21 bits per heavy atom. The van der Waals surface area contributed by atoms with Crippen molar-refractivity contribution in [3.8, 4) is 6.07 Å². The number of piperidine rings is 1.